The molecule has 1 aromatic heterocycles. The number of hydrogen-bond acceptors (Lipinski definition) is 3. The second-order valence-electron chi connectivity index (χ2n) is 3.20. The number of nitrogens with zero attached hydrogens (tertiary/aromatic N) is 1. The lowest BCUT2D eigenvalue weighted by atomic mass is 10.1. The average molecular weight is 198 g/mol. The fourth-order valence-electron chi connectivity index (χ4n) is 1.41. The van der Waals surface area contributed by atoms with E-state index in [9.17, 15) is 8.42 Å². The van der Waals surface area contributed by atoms with Gasteiger partial charge in [0, 0.05) is 5.69 Å². The number of anilines is 1. The number of aryl methyl sites for hydroxylation is 1. The normalized spacial score (nSPS) is 23.7. The van der Waals surface area contributed by atoms with Gasteiger partial charge in [-0.3, -0.25) is 9.71 Å². The molecule has 4 nitrogen and oxygen atoms in total. The van der Waals surface area contributed by atoms with Gasteiger partial charge in [-0.15, -0.1) is 0 Å². The Labute approximate surface area is 77.1 Å². The Morgan fingerprint density at radius 1 is 1.54 bits per heavy atom. The summed E-state index contributed by atoms with van der Waals surface area (Å²) in [5, 5.41) is -0.468. The van der Waals surface area contributed by atoms with Crippen molar-refractivity contribution in [3.8, 4) is 0 Å². The Morgan fingerprint density at radius 2 is 2.23 bits per heavy atom. The zero-order valence-electron chi connectivity index (χ0n) is 7.40. The van der Waals surface area contributed by atoms with E-state index in [1.165, 1.54) is 0 Å². The molecule has 0 aliphatic carbocycles. The zero-order valence-corrected chi connectivity index (χ0v) is 8.22. The summed E-state index contributed by atoms with van der Waals surface area (Å²) in [5.41, 5.74) is 2.26. The van der Waals surface area contributed by atoms with E-state index in [0.717, 1.165) is 11.3 Å². The van der Waals surface area contributed by atoms with Gasteiger partial charge in [-0.25, -0.2) is 8.42 Å². The third-order valence-corrected chi connectivity index (χ3v) is 3.92. The number of rotatable bonds is 0. The Balaban J connectivity index is 2.64. The minimum Gasteiger partial charge on any atom is -0.281 e. The number of sulfonamides is 1. The van der Waals surface area contributed by atoms with Gasteiger partial charge in [0.1, 0.15) is 5.25 Å². The van der Waals surface area contributed by atoms with Crippen LogP contribution in [0.5, 0.6) is 0 Å². The molecule has 1 aliphatic rings. The van der Waals surface area contributed by atoms with E-state index in [1.807, 2.05) is 6.92 Å². The van der Waals surface area contributed by atoms with Crippen molar-refractivity contribution < 1.29 is 8.42 Å². The second-order valence-corrected chi connectivity index (χ2v) is 5.20. The lowest BCUT2D eigenvalue weighted by molar-refractivity contribution is 0.594. The van der Waals surface area contributed by atoms with E-state index in [2.05, 4.69) is 9.71 Å². The Hall–Kier alpha value is -1.10. The van der Waals surface area contributed by atoms with E-state index in [1.54, 1.807) is 19.2 Å². The van der Waals surface area contributed by atoms with Crippen LogP contribution in [0.2, 0.25) is 0 Å². The average Bonchev–Trinajstić information content (AvgIpc) is 2.26. The monoisotopic (exact) mass is 198 g/mol. The van der Waals surface area contributed by atoms with Crippen LogP contribution in [-0.4, -0.2) is 13.4 Å². The third-order valence-electron chi connectivity index (χ3n) is 2.23. The molecule has 0 aromatic carbocycles. The van der Waals surface area contributed by atoms with E-state index in [4.69, 9.17) is 0 Å². The fourth-order valence-corrected chi connectivity index (χ4v) is 2.59. The first-order chi connectivity index (χ1) is 6.00. The molecule has 2 heterocycles. The topological polar surface area (TPSA) is 59.1 Å². The van der Waals surface area contributed by atoms with Gasteiger partial charge in [-0.05, 0) is 25.5 Å². The highest BCUT2D eigenvalue weighted by molar-refractivity contribution is 7.93. The maximum Gasteiger partial charge on any atom is 0.239 e. The summed E-state index contributed by atoms with van der Waals surface area (Å²) in [4.78, 5) is 4.02. The second kappa shape index (κ2) is 2.45. The zero-order chi connectivity index (χ0) is 9.64. The van der Waals surface area contributed by atoms with Crippen LogP contribution in [0.3, 0.4) is 0 Å². The van der Waals surface area contributed by atoms with Crippen LogP contribution in [0.15, 0.2) is 12.3 Å². The summed E-state index contributed by atoms with van der Waals surface area (Å²) in [5.74, 6) is 0. The van der Waals surface area contributed by atoms with Crippen LogP contribution in [0.4, 0.5) is 5.69 Å². The molecule has 0 amide bonds. The highest BCUT2D eigenvalue weighted by Crippen LogP contribution is 2.36. The van der Waals surface area contributed by atoms with Gasteiger partial charge in [0.05, 0.1) is 11.9 Å². The predicted molar refractivity (Wildman–Crippen MR) is 49.9 cm³/mol. The number of pyridine rings is 1. The van der Waals surface area contributed by atoms with Crippen LogP contribution < -0.4 is 4.72 Å². The molecular formula is C8H10N2O2S. The predicted octanol–water partition coefficient (Wildman–Crippen LogP) is 1.21. The van der Waals surface area contributed by atoms with Crippen LogP contribution in [0.25, 0.3) is 0 Å². The summed E-state index contributed by atoms with van der Waals surface area (Å²) in [6.07, 6.45) is 1.56. The maximum atomic E-state index is 11.4. The largest absolute Gasteiger partial charge is 0.281 e. The van der Waals surface area contributed by atoms with Gasteiger partial charge in [0.25, 0.3) is 0 Å². The highest BCUT2D eigenvalue weighted by atomic mass is 32.2. The van der Waals surface area contributed by atoms with Crippen molar-refractivity contribution >= 4 is 15.7 Å². The van der Waals surface area contributed by atoms with Crippen LogP contribution in [0, 0.1) is 6.92 Å². The summed E-state index contributed by atoms with van der Waals surface area (Å²) in [7, 11) is -3.19. The molecule has 5 heteroatoms. The number of hydrogen-bond donors (Lipinski definition) is 1. The highest BCUT2D eigenvalue weighted by Gasteiger charge is 2.32. The van der Waals surface area contributed by atoms with Crippen molar-refractivity contribution in [2.45, 2.75) is 19.1 Å². The first-order valence-corrected chi connectivity index (χ1v) is 5.53. The Bertz CT molecular complexity index is 453. The van der Waals surface area contributed by atoms with Crippen molar-refractivity contribution in [2.24, 2.45) is 0 Å². The summed E-state index contributed by atoms with van der Waals surface area (Å²) < 4.78 is 25.2. The van der Waals surface area contributed by atoms with Gasteiger partial charge in [-0.1, -0.05) is 0 Å². The smallest absolute Gasteiger partial charge is 0.239 e. The minimum absolute atomic E-state index is 0.468. The third kappa shape index (κ3) is 1.19. The molecule has 13 heavy (non-hydrogen) atoms. The van der Waals surface area contributed by atoms with E-state index in [0.29, 0.717) is 5.69 Å². The summed E-state index contributed by atoms with van der Waals surface area (Å²) in [6, 6.07) is 1.80. The van der Waals surface area contributed by atoms with Gasteiger partial charge in [0.2, 0.25) is 10.0 Å². The van der Waals surface area contributed by atoms with Crippen molar-refractivity contribution in [1.82, 2.24) is 4.98 Å². The van der Waals surface area contributed by atoms with Gasteiger partial charge in [0.15, 0.2) is 0 Å². The molecule has 70 valence electrons. The number of fused-ring (bicyclic) bond motifs is 1. The van der Waals surface area contributed by atoms with Crippen molar-refractivity contribution in [3.63, 3.8) is 0 Å². The minimum atomic E-state index is -3.19. The van der Waals surface area contributed by atoms with Crippen LogP contribution in [-0.2, 0) is 10.0 Å². The van der Waals surface area contributed by atoms with E-state index >= 15 is 0 Å². The SMILES string of the molecule is Cc1cc2c(cn1)NS(=O)(=O)[C@@H]2C. The molecule has 0 fully saturated rings. The van der Waals surface area contributed by atoms with Gasteiger partial charge >= 0.3 is 0 Å². The van der Waals surface area contributed by atoms with Crippen molar-refractivity contribution in [2.75, 3.05) is 4.72 Å². The van der Waals surface area contributed by atoms with Crippen LogP contribution in [0.1, 0.15) is 23.4 Å². The first kappa shape index (κ1) is 8.50. The fraction of sp³-hybridized carbons (Fsp3) is 0.375. The number of aromatic nitrogens is 1. The van der Waals surface area contributed by atoms with E-state index in [-0.39, 0.29) is 0 Å². The van der Waals surface area contributed by atoms with Gasteiger partial charge < -0.3 is 0 Å². The van der Waals surface area contributed by atoms with Gasteiger partial charge in [-0.2, -0.15) is 0 Å². The molecule has 1 aromatic rings. The lowest BCUT2D eigenvalue weighted by Crippen LogP contribution is -2.09. The molecule has 2 rings (SSSR count). The molecule has 1 N–H and O–H groups in total. The number of nitrogens with one attached hydrogen (secondary N) is 1. The maximum absolute atomic E-state index is 11.4. The quantitative estimate of drug-likeness (QED) is 0.681. The molecule has 0 bridgehead atoms. The molecule has 1 aliphatic heterocycles. The summed E-state index contributed by atoms with van der Waals surface area (Å²) >= 11 is 0. The molecular weight excluding hydrogens is 188 g/mol. The first-order valence-electron chi connectivity index (χ1n) is 3.99. The van der Waals surface area contributed by atoms with Crippen molar-refractivity contribution in [3.05, 3.63) is 23.5 Å². The Kier molecular flexibility index (Phi) is 1.60. The molecule has 1 atom stereocenters. The molecule has 0 spiro atoms. The standard InChI is InChI=1S/C8H10N2O2S/c1-5-3-7-6(2)13(11,12)10-8(7)4-9-5/h3-4,6,10H,1-2H3/t6-/m1/s1. The molecule has 0 saturated heterocycles. The molecule has 0 saturated carbocycles. The summed E-state index contributed by atoms with van der Waals surface area (Å²) in [6.45, 7) is 3.52. The van der Waals surface area contributed by atoms with Crippen LogP contribution >= 0.6 is 0 Å². The van der Waals surface area contributed by atoms with E-state index < -0.39 is 15.3 Å². The molecule has 0 unspecified atom stereocenters. The van der Waals surface area contributed by atoms with Crippen molar-refractivity contribution in [1.29, 1.82) is 0 Å². The Morgan fingerprint density at radius 3 is 2.92 bits per heavy atom. The molecule has 0 radical (unpaired) electrons. The lowest BCUT2D eigenvalue weighted by Gasteiger charge is -2.00.